The third kappa shape index (κ3) is 3.12. The van der Waals surface area contributed by atoms with E-state index >= 15 is 0 Å². The maximum Gasteiger partial charge on any atom is 0.274 e. The van der Waals surface area contributed by atoms with E-state index in [1.165, 1.54) is 12.4 Å². The van der Waals surface area contributed by atoms with Crippen molar-refractivity contribution in [2.45, 2.75) is 12.5 Å². The molecule has 1 aromatic heterocycles. The van der Waals surface area contributed by atoms with Crippen LogP contribution < -0.4 is 11.3 Å². The fourth-order valence-electron chi connectivity index (χ4n) is 2.87. The Hall–Kier alpha value is -1.77. The lowest BCUT2D eigenvalue weighted by molar-refractivity contribution is 0.0185. The molecule has 2 aliphatic heterocycles. The van der Waals surface area contributed by atoms with E-state index in [4.69, 9.17) is 10.6 Å². The van der Waals surface area contributed by atoms with Crippen LogP contribution in [-0.2, 0) is 4.74 Å². The summed E-state index contributed by atoms with van der Waals surface area (Å²) >= 11 is 0. The standard InChI is InChI=1S/C13H20N6O2/c14-17-12-8-15-7-11(16-12)13(20)19-2-1-10(9-19)18-3-5-21-6-4-18/h7-8,10H,1-6,9,14H2,(H,16,17). The summed E-state index contributed by atoms with van der Waals surface area (Å²) in [5, 5.41) is 0. The number of likely N-dealkylation sites (tertiary alicyclic amines) is 1. The highest BCUT2D eigenvalue weighted by Crippen LogP contribution is 2.18. The second-order valence-electron chi connectivity index (χ2n) is 5.28. The number of aromatic nitrogens is 2. The smallest absolute Gasteiger partial charge is 0.274 e. The van der Waals surface area contributed by atoms with Crippen LogP contribution in [0.4, 0.5) is 5.82 Å². The van der Waals surface area contributed by atoms with Gasteiger partial charge in [0.25, 0.3) is 5.91 Å². The van der Waals surface area contributed by atoms with Crippen molar-refractivity contribution < 1.29 is 9.53 Å². The van der Waals surface area contributed by atoms with E-state index in [0.29, 0.717) is 17.6 Å². The van der Waals surface area contributed by atoms with E-state index in [-0.39, 0.29) is 5.91 Å². The van der Waals surface area contributed by atoms with E-state index in [1.54, 1.807) is 0 Å². The molecule has 3 heterocycles. The molecule has 1 aromatic rings. The highest BCUT2D eigenvalue weighted by molar-refractivity contribution is 5.92. The number of carbonyl (C=O) groups is 1. The molecule has 0 saturated carbocycles. The van der Waals surface area contributed by atoms with Gasteiger partial charge in [0.2, 0.25) is 0 Å². The summed E-state index contributed by atoms with van der Waals surface area (Å²) in [4.78, 5) is 24.8. The van der Waals surface area contributed by atoms with Crippen LogP contribution in [0.25, 0.3) is 0 Å². The third-order valence-electron chi connectivity index (χ3n) is 4.01. The van der Waals surface area contributed by atoms with Crippen LogP contribution in [0.3, 0.4) is 0 Å². The summed E-state index contributed by atoms with van der Waals surface area (Å²) in [6.45, 7) is 4.93. The molecule has 8 heteroatoms. The maximum atomic E-state index is 12.5. The van der Waals surface area contributed by atoms with Gasteiger partial charge in [0.05, 0.1) is 25.6 Å². The van der Waals surface area contributed by atoms with Gasteiger partial charge in [-0.05, 0) is 6.42 Å². The number of hydrogen-bond donors (Lipinski definition) is 2. The first-order valence-corrected chi connectivity index (χ1v) is 7.17. The van der Waals surface area contributed by atoms with E-state index in [9.17, 15) is 4.79 Å². The number of carbonyl (C=O) groups excluding carboxylic acids is 1. The molecule has 2 aliphatic rings. The number of nitrogens with one attached hydrogen (secondary N) is 1. The average Bonchev–Trinajstić information content (AvgIpc) is 3.05. The van der Waals surface area contributed by atoms with Gasteiger partial charge < -0.3 is 15.1 Å². The van der Waals surface area contributed by atoms with Crippen LogP contribution >= 0.6 is 0 Å². The van der Waals surface area contributed by atoms with Crippen molar-refractivity contribution in [3.63, 3.8) is 0 Å². The van der Waals surface area contributed by atoms with Crippen LogP contribution in [0.5, 0.6) is 0 Å². The van der Waals surface area contributed by atoms with Gasteiger partial charge in [-0.25, -0.2) is 10.8 Å². The molecule has 2 saturated heterocycles. The van der Waals surface area contributed by atoms with Crippen molar-refractivity contribution in [2.24, 2.45) is 5.84 Å². The number of anilines is 1. The van der Waals surface area contributed by atoms with Gasteiger partial charge in [0, 0.05) is 32.2 Å². The molecule has 0 aliphatic carbocycles. The quantitative estimate of drug-likeness (QED) is 0.562. The molecular weight excluding hydrogens is 272 g/mol. The van der Waals surface area contributed by atoms with Gasteiger partial charge in [-0.15, -0.1) is 0 Å². The Bertz CT molecular complexity index is 505. The Morgan fingerprint density at radius 3 is 2.90 bits per heavy atom. The number of nitrogens with zero attached hydrogens (tertiary/aromatic N) is 4. The lowest BCUT2D eigenvalue weighted by Gasteiger charge is -2.32. The van der Waals surface area contributed by atoms with Crippen LogP contribution in [0.2, 0.25) is 0 Å². The summed E-state index contributed by atoms with van der Waals surface area (Å²) in [7, 11) is 0. The Balaban J connectivity index is 1.63. The highest BCUT2D eigenvalue weighted by Gasteiger charge is 2.32. The summed E-state index contributed by atoms with van der Waals surface area (Å²) in [6, 6.07) is 0.418. The lowest BCUT2D eigenvalue weighted by Crippen LogP contribution is -2.45. The zero-order chi connectivity index (χ0) is 14.7. The molecule has 0 bridgehead atoms. The van der Waals surface area contributed by atoms with Crippen molar-refractivity contribution in [1.29, 1.82) is 0 Å². The Morgan fingerprint density at radius 1 is 1.33 bits per heavy atom. The molecule has 3 N–H and O–H groups in total. The van der Waals surface area contributed by atoms with Crippen LogP contribution in [-0.4, -0.2) is 71.1 Å². The van der Waals surface area contributed by atoms with Crippen LogP contribution in [0, 0.1) is 0 Å². The number of hydrazine groups is 1. The average molecular weight is 292 g/mol. The van der Waals surface area contributed by atoms with Gasteiger partial charge in [0.15, 0.2) is 5.82 Å². The number of nitrogens with two attached hydrogens (primary N) is 1. The number of rotatable bonds is 3. The number of ether oxygens (including phenoxy) is 1. The van der Waals surface area contributed by atoms with E-state index < -0.39 is 0 Å². The van der Waals surface area contributed by atoms with Gasteiger partial charge in [0.1, 0.15) is 5.69 Å². The molecule has 0 spiro atoms. The maximum absolute atomic E-state index is 12.5. The van der Waals surface area contributed by atoms with Crippen molar-refractivity contribution in [2.75, 3.05) is 44.8 Å². The number of nitrogen functional groups attached to an aromatic ring is 1. The third-order valence-corrected chi connectivity index (χ3v) is 4.01. The summed E-state index contributed by atoms with van der Waals surface area (Å²) < 4.78 is 5.37. The van der Waals surface area contributed by atoms with Crippen molar-refractivity contribution in [3.05, 3.63) is 18.1 Å². The van der Waals surface area contributed by atoms with Crippen molar-refractivity contribution in [3.8, 4) is 0 Å². The largest absolute Gasteiger partial charge is 0.379 e. The molecular formula is C13H20N6O2. The van der Waals surface area contributed by atoms with Gasteiger partial charge in [-0.1, -0.05) is 0 Å². The topological polar surface area (TPSA) is 96.6 Å². The SMILES string of the molecule is NNc1cncc(C(=O)N2CCC(N3CCOCC3)C2)n1. The number of amides is 1. The minimum atomic E-state index is -0.0876. The lowest BCUT2D eigenvalue weighted by atomic mass is 10.2. The molecule has 2 fully saturated rings. The van der Waals surface area contributed by atoms with Crippen molar-refractivity contribution >= 4 is 11.7 Å². The number of morpholine rings is 1. The summed E-state index contributed by atoms with van der Waals surface area (Å²) in [5.41, 5.74) is 2.73. The minimum Gasteiger partial charge on any atom is -0.379 e. The molecule has 3 rings (SSSR count). The molecule has 0 aromatic carbocycles. The Kier molecular flexibility index (Phi) is 4.28. The zero-order valence-electron chi connectivity index (χ0n) is 11.9. The number of hydrogen-bond acceptors (Lipinski definition) is 7. The first-order valence-electron chi connectivity index (χ1n) is 7.17. The fourth-order valence-corrected chi connectivity index (χ4v) is 2.87. The molecule has 114 valence electrons. The Morgan fingerprint density at radius 2 is 2.14 bits per heavy atom. The molecule has 1 amide bonds. The fraction of sp³-hybridized carbons (Fsp3) is 0.615. The Labute approximate surface area is 123 Å². The van der Waals surface area contributed by atoms with E-state index in [2.05, 4.69) is 20.3 Å². The molecule has 1 unspecified atom stereocenters. The summed E-state index contributed by atoms with van der Waals surface area (Å²) in [6.07, 6.45) is 3.95. The predicted octanol–water partition coefficient (Wildman–Crippen LogP) is -0.691. The molecule has 21 heavy (non-hydrogen) atoms. The van der Waals surface area contributed by atoms with Crippen LogP contribution in [0.15, 0.2) is 12.4 Å². The molecule has 0 radical (unpaired) electrons. The minimum absolute atomic E-state index is 0.0876. The van der Waals surface area contributed by atoms with E-state index in [1.807, 2.05) is 4.90 Å². The molecule has 1 atom stereocenters. The monoisotopic (exact) mass is 292 g/mol. The van der Waals surface area contributed by atoms with Gasteiger partial charge >= 0.3 is 0 Å². The molecule has 8 nitrogen and oxygen atoms in total. The second-order valence-corrected chi connectivity index (χ2v) is 5.28. The van der Waals surface area contributed by atoms with Crippen molar-refractivity contribution in [1.82, 2.24) is 19.8 Å². The van der Waals surface area contributed by atoms with Crippen LogP contribution in [0.1, 0.15) is 16.9 Å². The zero-order valence-corrected chi connectivity index (χ0v) is 11.9. The van der Waals surface area contributed by atoms with E-state index in [0.717, 1.165) is 45.8 Å². The van der Waals surface area contributed by atoms with Gasteiger partial charge in [-0.2, -0.15) is 0 Å². The predicted molar refractivity (Wildman–Crippen MR) is 76.5 cm³/mol. The summed E-state index contributed by atoms with van der Waals surface area (Å²) in [5.74, 6) is 5.60. The highest BCUT2D eigenvalue weighted by atomic mass is 16.5. The first kappa shape index (κ1) is 14.2. The first-order chi connectivity index (χ1) is 10.3. The van der Waals surface area contributed by atoms with Gasteiger partial charge in [-0.3, -0.25) is 14.7 Å². The second kappa shape index (κ2) is 6.33. The normalized spacial score (nSPS) is 23.3.